The van der Waals surface area contributed by atoms with E-state index in [0.717, 1.165) is 5.56 Å². The molecule has 0 bridgehead atoms. The van der Waals surface area contributed by atoms with Gasteiger partial charge in [-0.15, -0.1) is 5.10 Å². The fourth-order valence-electron chi connectivity index (χ4n) is 6.21. The molecule has 2 aromatic carbocycles. The molecular weight excluding hydrogens is 536 g/mol. The van der Waals surface area contributed by atoms with Crippen LogP contribution in [-0.4, -0.2) is 31.5 Å². The predicted octanol–water partition coefficient (Wildman–Crippen LogP) is 6.15. The van der Waals surface area contributed by atoms with Crippen LogP contribution >= 0.6 is 0 Å². The van der Waals surface area contributed by atoms with Crippen molar-refractivity contribution in [3.8, 4) is 11.4 Å². The van der Waals surface area contributed by atoms with Crippen LogP contribution in [0.15, 0.2) is 77.4 Å². The van der Waals surface area contributed by atoms with Crippen LogP contribution in [0.2, 0.25) is 0 Å². The Morgan fingerprint density at radius 2 is 1.52 bits per heavy atom. The number of benzene rings is 2. The van der Waals surface area contributed by atoms with Crippen LogP contribution in [-0.2, 0) is 20.9 Å². The van der Waals surface area contributed by atoms with Gasteiger partial charge in [-0.2, -0.15) is 0 Å². The highest BCUT2D eigenvalue weighted by Crippen LogP contribution is 2.54. The summed E-state index contributed by atoms with van der Waals surface area (Å²) in [5, 5.41) is 19.3. The van der Waals surface area contributed by atoms with Gasteiger partial charge in [0.15, 0.2) is 11.6 Å². The summed E-state index contributed by atoms with van der Waals surface area (Å²) in [7, 11) is 0. The summed E-state index contributed by atoms with van der Waals surface area (Å²) >= 11 is 0. The van der Waals surface area contributed by atoms with E-state index in [2.05, 4.69) is 38.0 Å². The summed E-state index contributed by atoms with van der Waals surface area (Å²) in [6.07, 6.45) is 3.68. The topological polar surface area (TPSA) is 126 Å². The van der Waals surface area contributed by atoms with Gasteiger partial charge in [0.2, 0.25) is 0 Å². The number of carbonyl (C=O) groups is 2. The zero-order valence-corrected chi connectivity index (χ0v) is 24.0. The predicted molar refractivity (Wildman–Crippen MR) is 153 cm³/mol. The minimum Gasteiger partial charge on any atom is -0.487 e. The van der Waals surface area contributed by atoms with Crippen LogP contribution in [0.4, 0.5) is 5.69 Å². The molecule has 10 nitrogen and oxygen atoms in total. The van der Waals surface area contributed by atoms with E-state index in [1.165, 1.54) is 16.8 Å². The molecule has 1 aliphatic heterocycles. The number of nitrogens with zero attached hydrogens (tertiary/aromatic N) is 4. The Morgan fingerprint density at radius 3 is 2.12 bits per heavy atom. The lowest BCUT2D eigenvalue weighted by Gasteiger charge is -2.43. The Morgan fingerprint density at radius 1 is 0.929 bits per heavy atom. The van der Waals surface area contributed by atoms with Crippen molar-refractivity contribution in [3.63, 3.8) is 0 Å². The molecule has 216 valence electrons. The quantitative estimate of drug-likeness (QED) is 0.256. The van der Waals surface area contributed by atoms with Gasteiger partial charge >= 0.3 is 0 Å². The number of nitro benzene ring substituents is 1. The van der Waals surface area contributed by atoms with E-state index < -0.39 is 10.8 Å². The molecule has 10 heteroatoms. The van der Waals surface area contributed by atoms with Crippen molar-refractivity contribution in [2.45, 2.75) is 65.9 Å². The molecule has 1 aromatic heterocycles. The monoisotopic (exact) mass is 568 g/mol. The van der Waals surface area contributed by atoms with Crippen LogP contribution in [0.25, 0.3) is 5.69 Å². The number of ketones is 2. The van der Waals surface area contributed by atoms with Crippen LogP contribution < -0.4 is 4.74 Å². The Balaban J connectivity index is 1.33. The summed E-state index contributed by atoms with van der Waals surface area (Å²) < 4.78 is 14.2. The maximum absolute atomic E-state index is 13.7. The van der Waals surface area contributed by atoms with Gasteiger partial charge in [-0.05, 0) is 29.0 Å². The molecule has 0 spiro atoms. The van der Waals surface area contributed by atoms with Crippen LogP contribution in [0, 0.1) is 20.9 Å². The molecular formula is C32H32N4O6. The number of ether oxygens (including phenoxy) is 2. The fraction of sp³-hybridized carbons (Fsp3) is 0.375. The average molecular weight is 569 g/mol. The third-order valence-electron chi connectivity index (χ3n) is 8.05. The first kappa shape index (κ1) is 27.6. The smallest absolute Gasteiger partial charge is 0.269 e. The van der Waals surface area contributed by atoms with Gasteiger partial charge in [-0.1, -0.05) is 51.1 Å². The van der Waals surface area contributed by atoms with E-state index in [-0.39, 0.29) is 34.7 Å². The highest BCUT2D eigenvalue weighted by molar-refractivity contribution is 6.06. The number of aromatic nitrogens is 3. The average Bonchev–Trinajstić information content (AvgIpc) is 3.39. The van der Waals surface area contributed by atoms with Crippen molar-refractivity contribution in [1.82, 2.24) is 15.0 Å². The number of hydrogen-bond acceptors (Lipinski definition) is 8. The lowest BCUT2D eigenvalue weighted by molar-refractivity contribution is -0.384. The van der Waals surface area contributed by atoms with E-state index in [4.69, 9.17) is 9.47 Å². The van der Waals surface area contributed by atoms with E-state index in [0.29, 0.717) is 65.5 Å². The zero-order chi connectivity index (χ0) is 29.8. The highest BCUT2D eigenvalue weighted by atomic mass is 16.6. The number of para-hydroxylation sites is 1. The van der Waals surface area contributed by atoms with Gasteiger partial charge in [0.25, 0.3) is 5.69 Å². The van der Waals surface area contributed by atoms with Crippen molar-refractivity contribution in [1.29, 1.82) is 0 Å². The van der Waals surface area contributed by atoms with Crippen molar-refractivity contribution < 1.29 is 24.0 Å². The summed E-state index contributed by atoms with van der Waals surface area (Å²) in [5.41, 5.74) is 2.53. The Bertz CT molecular complexity index is 1630. The number of allylic oxidation sites excluding steroid dienone is 4. The lowest BCUT2D eigenvalue weighted by Crippen LogP contribution is -2.37. The van der Waals surface area contributed by atoms with E-state index in [1.807, 2.05) is 24.3 Å². The largest absolute Gasteiger partial charge is 0.487 e. The SMILES string of the molecule is CC1(C)CC(=O)C2=C(C1)OC1=C(C(=O)CC(C)(C)C1)C2c1ccccc1OCc1cn(-c2ccc([N+](=O)[O-])cc2)nn1. The van der Waals surface area contributed by atoms with Crippen molar-refractivity contribution in [2.24, 2.45) is 10.8 Å². The zero-order valence-electron chi connectivity index (χ0n) is 24.0. The fourth-order valence-corrected chi connectivity index (χ4v) is 6.21. The molecule has 0 saturated heterocycles. The number of non-ortho nitro benzene ring substituents is 1. The standard InChI is InChI=1S/C32H32N4O6/c1-31(2)13-23(37)29-26(15-31)42-27-16-32(3,4)14-24(38)30(27)28(29)22-7-5-6-8-25(22)41-18-19-17-35(34-33-19)20-9-11-21(12-10-20)36(39)40/h5-12,17,28H,13-16,18H2,1-4H3. The normalized spacial score (nSPS) is 19.7. The summed E-state index contributed by atoms with van der Waals surface area (Å²) in [4.78, 5) is 37.8. The summed E-state index contributed by atoms with van der Waals surface area (Å²) in [6, 6.07) is 13.5. The second-order valence-corrected chi connectivity index (χ2v) is 12.8. The minimum atomic E-state index is -0.567. The van der Waals surface area contributed by atoms with Gasteiger partial charge in [0.05, 0.1) is 22.7 Å². The Labute approximate surface area is 243 Å². The molecule has 3 aromatic rings. The first-order valence-corrected chi connectivity index (χ1v) is 14.0. The van der Waals surface area contributed by atoms with Crippen LogP contribution in [0.1, 0.15) is 70.6 Å². The molecule has 2 aliphatic carbocycles. The lowest BCUT2D eigenvalue weighted by atomic mass is 9.65. The first-order chi connectivity index (χ1) is 19.9. The third-order valence-corrected chi connectivity index (χ3v) is 8.05. The molecule has 0 unspecified atom stereocenters. The first-order valence-electron chi connectivity index (χ1n) is 14.0. The summed E-state index contributed by atoms with van der Waals surface area (Å²) in [6.45, 7) is 8.34. The van der Waals surface area contributed by atoms with Gasteiger partial charge in [0, 0.05) is 54.5 Å². The molecule has 3 aliphatic rings. The van der Waals surface area contributed by atoms with Crippen LogP contribution in [0.5, 0.6) is 5.75 Å². The number of nitro groups is 1. The Kier molecular flexibility index (Phi) is 6.59. The van der Waals surface area contributed by atoms with Crippen molar-refractivity contribution >= 4 is 17.3 Å². The van der Waals surface area contributed by atoms with E-state index in [1.54, 1.807) is 18.3 Å². The van der Waals surface area contributed by atoms with E-state index in [9.17, 15) is 19.7 Å². The highest BCUT2D eigenvalue weighted by Gasteiger charge is 2.48. The number of Topliss-reactive ketones (excluding diaryl/α,β-unsaturated/α-hetero) is 2. The van der Waals surface area contributed by atoms with Gasteiger partial charge in [-0.25, -0.2) is 4.68 Å². The maximum Gasteiger partial charge on any atom is 0.269 e. The van der Waals surface area contributed by atoms with Crippen molar-refractivity contribution in [2.75, 3.05) is 0 Å². The Hall–Kier alpha value is -4.60. The van der Waals surface area contributed by atoms with Crippen LogP contribution in [0.3, 0.4) is 0 Å². The molecule has 2 heterocycles. The molecule has 0 atom stereocenters. The molecule has 0 fully saturated rings. The third kappa shape index (κ3) is 5.13. The number of hydrogen-bond donors (Lipinski definition) is 0. The molecule has 0 N–H and O–H groups in total. The minimum absolute atomic E-state index is 0.00345. The molecule has 42 heavy (non-hydrogen) atoms. The van der Waals surface area contributed by atoms with Gasteiger partial charge in [-0.3, -0.25) is 19.7 Å². The van der Waals surface area contributed by atoms with E-state index >= 15 is 0 Å². The molecule has 0 radical (unpaired) electrons. The van der Waals surface area contributed by atoms with Gasteiger partial charge in [0.1, 0.15) is 29.6 Å². The second-order valence-electron chi connectivity index (χ2n) is 12.8. The molecule has 6 rings (SSSR count). The second kappa shape index (κ2) is 10.0. The molecule has 0 amide bonds. The molecule has 0 saturated carbocycles. The number of rotatable bonds is 6. The summed E-state index contributed by atoms with van der Waals surface area (Å²) in [5.74, 6) is 1.29. The maximum atomic E-state index is 13.7. The number of carbonyl (C=O) groups excluding carboxylic acids is 2. The van der Waals surface area contributed by atoms with Gasteiger partial charge < -0.3 is 9.47 Å². The van der Waals surface area contributed by atoms with Crippen molar-refractivity contribution in [3.05, 3.63) is 98.8 Å².